The van der Waals surface area contributed by atoms with Gasteiger partial charge in [0, 0.05) is 5.56 Å². The normalized spacial score (nSPS) is 11.5. The predicted octanol–water partition coefficient (Wildman–Crippen LogP) is 2.98. The molecule has 2 heterocycles. The third-order valence-corrected chi connectivity index (χ3v) is 4.41. The second kappa shape index (κ2) is 8.77. The highest BCUT2D eigenvalue weighted by molar-refractivity contribution is 7.98. The third-order valence-electron chi connectivity index (χ3n) is 3.79. The third kappa shape index (κ3) is 4.56. The maximum absolute atomic E-state index is 13.1. The highest BCUT2D eigenvalue weighted by Gasteiger charge is 2.19. The second-order valence-electron chi connectivity index (χ2n) is 5.60. The van der Waals surface area contributed by atoms with Crippen LogP contribution in [0.1, 0.15) is 23.4 Å². The summed E-state index contributed by atoms with van der Waals surface area (Å²) < 4.78 is 33.9. The topological polar surface area (TPSA) is 113 Å². The monoisotopic (exact) mass is 423 g/mol. The van der Waals surface area contributed by atoms with Gasteiger partial charge in [0.15, 0.2) is 0 Å². The van der Waals surface area contributed by atoms with Gasteiger partial charge in [-0.15, -0.1) is 10.2 Å². The summed E-state index contributed by atoms with van der Waals surface area (Å²) in [5.41, 5.74) is 1.28. The summed E-state index contributed by atoms with van der Waals surface area (Å²) in [7, 11) is 1.49. The van der Waals surface area contributed by atoms with Crippen molar-refractivity contribution >= 4 is 23.8 Å². The van der Waals surface area contributed by atoms with Crippen LogP contribution < -0.4 is 4.74 Å². The Kier molecular flexibility index (Phi) is 6.16. The van der Waals surface area contributed by atoms with Crippen molar-refractivity contribution < 1.29 is 18.4 Å². The number of methoxy groups -OCH3 is 1. The van der Waals surface area contributed by atoms with Crippen LogP contribution in [0.3, 0.4) is 0 Å². The molecule has 0 amide bonds. The lowest BCUT2D eigenvalue weighted by Gasteiger charge is -2.08. The Morgan fingerprint density at radius 3 is 2.79 bits per heavy atom. The van der Waals surface area contributed by atoms with Gasteiger partial charge in [-0.05, 0) is 34.9 Å². The Labute approximate surface area is 167 Å². The maximum Gasteiger partial charge on any atom is 0.389 e. The van der Waals surface area contributed by atoms with Crippen molar-refractivity contribution in [3.05, 3.63) is 57.5 Å². The molecule has 29 heavy (non-hydrogen) atoms. The van der Waals surface area contributed by atoms with Gasteiger partial charge in [0.25, 0.3) is 6.43 Å². The van der Waals surface area contributed by atoms with Crippen molar-refractivity contribution in [2.45, 2.75) is 18.1 Å². The summed E-state index contributed by atoms with van der Waals surface area (Å²) in [6, 6.07) is 6.40. The largest absolute Gasteiger partial charge is 0.496 e. The van der Waals surface area contributed by atoms with Crippen molar-refractivity contribution in [3.63, 3.8) is 0 Å². The molecule has 1 aromatic carbocycles. The van der Waals surface area contributed by atoms with Gasteiger partial charge in [0.2, 0.25) is 11.0 Å². The fraction of sp³-hybridized carbons (Fsp3) is 0.250. The summed E-state index contributed by atoms with van der Waals surface area (Å²) in [5.74, 6) is -0.274. The molecule has 0 N–H and O–H groups in total. The number of rotatable bonds is 8. The SMILES string of the molecule is COc1ccc(C=Nn2c(SC)nnc2C(F)F)cc1Cn1ccc([N+](=O)[O-])n1. The van der Waals surface area contributed by atoms with Crippen LogP contribution in [0.5, 0.6) is 5.75 Å². The Morgan fingerprint density at radius 2 is 2.17 bits per heavy atom. The molecule has 0 aliphatic rings. The molecule has 3 rings (SSSR count). The van der Waals surface area contributed by atoms with E-state index in [9.17, 15) is 18.9 Å². The van der Waals surface area contributed by atoms with Gasteiger partial charge >= 0.3 is 5.82 Å². The van der Waals surface area contributed by atoms with E-state index in [1.807, 2.05) is 0 Å². The van der Waals surface area contributed by atoms with Crippen LogP contribution in [0.25, 0.3) is 0 Å². The molecule has 13 heteroatoms. The van der Waals surface area contributed by atoms with Gasteiger partial charge in [-0.2, -0.15) is 14.5 Å². The molecule has 0 saturated heterocycles. The number of halogens is 2. The molecule has 0 atom stereocenters. The molecule has 3 aromatic rings. The van der Waals surface area contributed by atoms with Crippen LogP contribution in [-0.4, -0.2) is 49.2 Å². The van der Waals surface area contributed by atoms with E-state index in [0.717, 1.165) is 16.4 Å². The number of alkyl halides is 2. The van der Waals surface area contributed by atoms with E-state index in [0.29, 0.717) is 16.9 Å². The molecule has 0 bridgehead atoms. The van der Waals surface area contributed by atoms with Crippen LogP contribution in [0.2, 0.25) is 0 Å². The quantitative estimate of drug-likeness (QED) is 0.237. The van der Waals surface area contributed by atoms with Gasteiger partial charge in [-0.1, -0.05) is 11.8 Å². The van der Waals surface area contributed by atoms with Crippen LogP contribution in [0.4, 0.5) is 14.6 Å². The minimum absolute atomic E-state index is 0.212. The minimum atomic E-state index is -2.82. The van der Waals surface area contributed by atoms with E-state index in [2.05, 4.69) is 20.4 Å². The average Bonchev–Trinajstić information content (AvgIpc) is 3.33. The number of nitrogens with zero attached hydrogens (tertiary/aromatic N) is 7. The highest BCUT2D eigenvalue weighted by Crippen LogP contribution is 2.23. The van der Waals surface area contributed by atoms with Gasteiger partial charge < -0.3 is 14.9 Å². The van der Waals surface area contributed by atoms with Crippen molar-refractivity contribution in [1.29, 1.82) is 0 Å². The number of nitro groups is 1. The summed E-state index contributed by atoms with van der Waals surface area (Å²) in [4.78, 5) is 10.2. The zero-order valence-electron chi connectivity index (χ0n) is 15.3. The summed E-state index contributed by atoms with van der Waals surface area (Å²) in [5, 5.41) is 26.1. The van der Waals surface area contributed by atoms with E-state index in [-0.39, 0.29) is 17.5 Å². The first-order valence-electron chi connectivity index (χ1n) is 8.09. The Balaban J connectivity index is 1.89. The second-order valence-corrected chi connectivity index (χ2v) is 6.38. The molecule has 0 radical (unpaired) electrons. The summed E-state index contributed by atoms with van der Waals surface area (Å²) in [6.07, 6.45) is 1.74. The zero-order valence-corrected chi connectivity index (χ0v) is 16.1. The van der Waals surface area contributed by atoms with Crippen LogP contribution in [0.15, 0.2) is 40.7 Å². The first-order valence-corrected chi connectivity index (χ1v) is 9.32. The van der Waals surface area contributed by atoms with E-state index in [1.54, 1.807) is 24.5 Å². The van der Waals surface area contributed by atoms with Crippen LogP contribution in [0, 0.1) is 10.1 Å². The Morgan fingerprint density at radius 1 is 1.38 bits per heavy atom. The smallest absolute Gasteiger partial charge is 0.389 e. The molecule has 0 spiro atoms. The van der Waals surface area contributed by atoms with Crippen molar-refractivity contribution in [2.24, 2.45) is 5.10 Å². The standard InChI is InChI=1S/C16H15F2N7O3S/c1-28-12-4-3-10(7-11(12)9-23-6-5-13(22-23)25(26)27)8-19-24-15(14(17)18)20-21-16(24)29-2/h3-8,14H,9H2,1-2H3. The first kappa shape index (κ1) is 20.4. The lowest BCUT2D eigenvalue weighted by molar-refractivity contribution is -0.389. The Bertz CT molecular complexity index is 1050. The minimum Gasteiger partial charge on any atom is -0.496 e. The molecule has 0 unspecified atom stereocenters. The molecule has 0 aliphatic carbocycles. The van der Waals surface area contributed by atoms with E-state index in [4.69, 9.17) is 4.74 Å². The summed E-state index contributed by atoms with van der Waals surface area (Å²) >= 11 is 1.14. The highest BCUT2D eigenvalue weighted by atomic mass is 32.2. The number of hydrogen-bond acceptors (Lipinski definition) is 8. The van der Waals surface area contributed by atoms with Crippen molar-refractivity contribution in [1.82, 2.24) is 24.7 Å². The summed E-state index contributed by atoms with van der Waals surface area (Å²) in [6.45, 7) is 0.212. The molecule has 0 fully saturated rings. The van der Waals surface area contributed by atoms with Gasteiger partial charge in [-0.3, -0.25) is 0 Å². The molecule has 152 valence electrons. The molecule has 0 aliphatic heterocycles. The van der Waals surface area contributed by atoms with E-state index < -0.39 is 17.2 Å². The van der Waals surface area contributed by atoms with Crippen molar-refractivity contribution in [2.75, 3.05) is 13.4 Å². The van der Waals surface area contributed by atoms with Crippen LogP contribution in [-0.2, 0) is 6.54 Å². The number of benzene rings is 1. The van der Waals surface area contributed by atoms with E-state index >= 15 is 0 Å². The van der Waals surface area contributed by atoms with Gasteiger partial charge in [0.05, 0.1) is 37.2 Å². The Hall–Kier alpha value is -3.35. The number of ether oxygens (including phenoxy) is 1. The lowest BCUT2D eigenvalue weighted by Crippen LogP contribution is -2.04. The lowest BCUT2D eigenvalue weighted by atomic mass is 10.1. The molecular weight excluding hydrogens is 408 g/mol. The number of thioether (sulfide) groups is 1. The number of hydrogen-bond donors (Lipinski definition) is 0. The molecule has 10 nitrogen and oxygen atoms in total. The maximum atomic E-state index is 13.1. The fourth-order valence-corrected chi connectivity index (χ4v) is 2.92. The first-order chi connectivity index (χ1) is 13.9. The average molecular weight is 423 g/mol. The van der Waals surface area contributed by atoms with E-state index in [1.165, 1.54) is 30.3 Å². The molecule has 0 saturated carbocycles. The molecule has 2 aromatic heterocycles. The van der Waals surface area contributed by atoms with Gasteiger partial charge in [0.1, 0.15) is 5.75 Å². The van der Waals surface area contributed by atoms with Gasteiger partial charge in [-0.25, -0.2) is 8.78 Å². The molecular formula is C16H15F2N7O3S. The predicted molar refractivity (Wildman–Crippen MR) is 101 cm³/mol. The fourth-order valence-electron chi connectivity index (χ4n) is 2.49. The zero-order chi connectivity index (χ0) is 21.0. The van der Waals surface area contributed by atoms with Crippen LogP contribution >= 0.6 is 11.8 Å². The van der Waals surface area contributed by atoms with Crippen molar-refractivity contribution in [3.8, 4) is 5.75 Å². The number of aromatic nitrogens is 5.